The molecule has 0 aliphatic carbocycles. The predicted molar refractivity (Wildman–Crippen MR) is 88.0 cm³/mol. The maximum atomic E-state index is 9.33. The molecule has 1 aliphatic heterocycles. The molecule has 116 valence electrons. The van der Waals surface area contributed by atoms with Gasteiger partial charge in [0.15, 0.2) is 0 Å². The third-order valence-corrected chi connectivity index (χ3v) is 3.93. The molecular weight excluding hydrogens is 276 g/mol. The van der Waals surface area contributed by atoms with Crippen LogP contribution in [0.4, 0.5) is 5.69 Å². The van der Waals surface area contributed by atoms with Gasteiger partial charge >= 0.3 is 0 Å². The number of hydrogen-bond donors (Lipinski definition) is 2. The van der Waals surface area contributed by atoms with Crippen LogP contribution in [0.25, 0.3) is 0 Å². The van der Waals surface area contributed by atoms with Crippen LogP contribution in [-0.2, 0) is 17.8 Å². The smallest absolute Gasteiger partial charge is 0.115 e. The summed E-state index contributed by atoms with van der Waals surface area (Å²) in [6.45, 7) is 5.33. The van der Waals surface area contributed by atoms with E-state index in [2.05, 4.69) is 34.5 Å². The molecule has 0 aromatic heterocycles. The lowest BCUT2D eigenvalue weighted by molar-refractivity contribution is 0.0342. The summed E-state index contributed by atoms with van der Waals surface area (Å²) in [5.41, 5.74) is 3.63. The maximum Gasteiger partial charge on any atom is 0.115 e. The number of nitrogens with zero attached hydrogens (tertiary/aromatic N) is 1. The minimum atomic E-state index is 0.302. The number of rotatable bonds is 5. The highest BCUT2D eigenvalue weighted by molar-refractivity contribution is 5.51. The van der Waals surface area contributed by atoms with Crippen molar-refractivity contribution in [3.8, 4) is 5.75 Å². The summed E-state index contributed by atoms with van der Waals surface area (Å²) in [6, 6.07) is 15.8. The summed E-state index contributed by atoms with van der Waals surface area (Å²) in [5.74, 6) is 0.302. The number of para-hydroxylation sites is 1. The Labute approximate surface area is 131 Å². The summed E-state index contributed by atoms with van der Waals surface area (Å²) in [4.78, 5) is 2.42. The molecule has 0 unspecified atom stereocenters. The Bertz CT molecular complexity index is 592. The van der Waals surface area contributed by atoms with Crippen molar-refractivity contribution in [3.05, 3.63) is 59.7 Å². The van der Waals surface area contributed by atoms with Crippen molar-refractivity contribution in [1.29, 1.82) is 0 Å². The molecule has 2 N–H and O–H groups in total. The number of hydrogen-bond acceptors (Lipinski definition) is 4. The van der Waals surface area contributed by atoms with E-state index in [4.69, 9.17) is 4.74 Å². The molecule has 0 radical (unpaired) electrons. The lowest BCUT2D eigenvalue weighted by Crippen LogP contribution is -2.35. The summed E-state index contributed by atoms with van der Waals surface area (Å²) >= 11 is 0. The van der Waals surface area contributed by atoms with E-state index in [1.807, 2.05) is 12.1 Å². The van der Waals surface area contributed by atoms with Crippen molar-refractivity contribution in [2.24, 2.45) is 0 Å². The van der Waals surface area contributed by atoms with Crippen LogP contribution < -0.4 is 5.32 Å². The normalized spacial score (nSPS) is 15.6. The lowest BCUT2D eigenvalue weighted by atomic mass is 10.1. The molecule has 0 atom stereocenters. The van der Waals surface area contributed by atoms with Crippen LogP contribution in [-0.4, -0.2) is 36.3 Å². The topological polar surface area (TPSA) is 44.7 Å². The Hall–Kier alpha value is -2.04. The fraction of sp³-hybridized carbons (Fsp3) is 0.333. The van der Waals surface area contributed by atoms with Crippen molar-refractivity contribution in [2.45, 2.75) is 13.1 Å². The zero-order chi connectivity index (χ0) is 15.2. The number of nitrogens with one attached hydrogen (secondary N) is 1. The molecule has 0 amide bonds. The zero-order valence-corrected chi connectivity index (χ0v) is 12.7. The number of morpholine rings is 1. The van der Waals surface area contributed by atoms with E-state index in [0.717, 1.165) is 45.0 Å². The van der Waals surface area contributed by atoms with Gasteiger partial charge in [-0.1, -0.05) is 30.3 Å². The van der Waals surface area contributed by atoms with Gasteiger partial charge < -0.3 is 15.2 Å². The highest BCUT2D eigenvalue weighted by atomic mass is 16.5. The quantitative estimate of drug-likeness (QED) is 0.891. The fourth-order valence-electron chi connectivity index (χ4n) is 2.64. The first-order valence-corrected chi connectivity index (χ1v) is 7.71. The lowest BCUT2D eigenvalue weighted by Gasteiger charge is -2.27. The van der Waals surface area contributed by atoms with Crippen molar-refractivity contribution in [3.63, 3.8) is 0 Å². The van der Waals surface area contributed by atoms with Crippen LogP contribution >= 0.6 is 0 Å². The van der Waals surface area contributed by atoms with Gasteiger partial charge in [0.05, 0.1) is 13.2 Å². The first-order valence-electron chi connectivity index (χ1n) is 7.71. The van der Waals surface area contributed by atoms with E-state index in [0.29, 0.717) is 5.75 Å². The van der Waals surface area contributed by atoms with Crippen LogP contribution in [0.15, 0.2) is 48.5 Å². The first kappa shape index (κ1) is 14.9. The number of ether oxygens (including phenoxy) is 1. The van der Waals surface area contributed by atoms with Crippen molar-refractivity contribution >= 4 is 5.69 Å². The molecule has 1 heterocycles. The van der Waals surface area contributed by atoms with Crippen LogP contribution in [0.3, 0.4) is 0 Å². The Morgan fingerprint density at radius 3 is 2.50 bits per heavy atom. The van der Waals surface area contributed by atoms with Crippen molar-refractivity contribution < 1.29 is 9.84 Å². The summed E-state index contributed by atoms with van der Waals surface area (Å²) in [5, 5.41) is 12.8. The molecule has 3 rings (SSSR count). The largest absolute Gasteiger partial charge is 0.508 e. The highest BCUT2D eigenvalue weighted by Crippen LogP contribution is 2.19. The van der Waals surface area contributed by atoms with Crippen LogP contribution in [0.1, 0.15) is 11.1 Å². The molecule has 0 spiro atoms. The average molecular weight is 298 g/mol. The number of anilines is 1. The van der Waals surface area contributed by atoms with E-state index in [1.165, 1.54) is 11.3 Å². The Morgan fingerprint density at radius 2 is 1.73 bits per heavy atom. The highest BCUT2D eigenvalue weighted by Gasteiger charge is 2.12. The van der Waals surface area contributed by atoms with E-state index in [-0.39, 0.29) is 0 Å². The maximum absolute atomic E-state index is 9.33. The van der Waals surface area contributed by atoms with Gasteiger partial charge in [-0.05, 0) is 29.3 Å². The van der Waals surface area contributed by atoms with E-state index in [1.54, 1.807) is 12.1 Å². The molecule has 1 saturated heterocycles. The van der Waals surface area contributed by atoms with E-state index < -0.39 is 0 Å². The van der Waals surface area contributed by atoms with Crippen molar-refractivity contribution in [1.82, 2.24) is 4.90 Å². The molecule has 1 fully saturated rings. The van der Waals surface area contributed by atoms with Gasteiger partial charge in [-0.3, -0.25) is 4.90 Å². The van der Waals surface area contributed by atoms with E-state index >= 15 is 0 Å². The Morgan fingerprint density at radius 1 is 1.00 bits per heavy atom. The third-order valence-electron chi connectivity index (χ3n) is 3.93. The molecular formula is C18H22N2O2. The minimum Gasteiger partial charge on any atom is -0.508 e. The SMILES string of the molecule is Oc1ccc(CNc2ccccc2CN2CCOCC2)cc1. The minimum absolute atomic E-state index is 0.302. The van der Waals surface area contributed by atoms with Crippen LogP contribution in [0, 0.1) is 0 Å². The van der Waals surface area contributed by atoms with Gasteiger partial charge in [-0.15, -0.1) is 0 Å². The molecule has 2 aromatic rings. The second kappa shape index (κ2) is 7.29. The molecule has 1 aliphatic rings. The number of benzene rings is 2. The van der Waals surface area contributed by atoms with Crippen LogP contribution in [0.5, 0.6) is 5.75 Å². The number of aromatic hydroxyl groups is 1. The predicted octanol–water partition coefficient (Wildman–Crippen LogP) is 2.84. The molecule has 4 heteroatoms. The average Bonchev–Trinajstić information content (AvgIpc) is 2.56. The van der Waals surface area contributed by atoms with Crippen LogP contribution in [0.2, 0.25) is 0 Å². The molecule has 22 heavy (non-hydrogen) atoms. The third kappa shape index (κ3) is 4.00. The standard InChI is InChI=1S/C18H22N2O2/c21-17-7-5-15(6-8-17)13-19-18-4-2-1-3-16(18)14-20-9-11-22-12-10-20/h1-8,19,21H,9-14H2. The Kier molecular flexibility index (Phi) is 4.93. The second-order valence-electron chi connectivity index (χ2n) is 5.57. The number of phenols is 1. The fourth-order valence-corrected chi connectivity index (χ4v) is 2.64. The van der Waals surface area contributed by atoms with Crippen molar-refractivity contribution in [2.75, 3.05) is 31.6 Å². The summed E-state index contributed by atoms with van der Waals surface area (Å²) < 4.78 is 5.40. The summed E-state index contributed by atoms with van der Waals surface area (Å²) in [7, 11) is 0. The van der Waals surface area contributed by atoms with Gasteiger partial charge in [0, 0.05) is 31.9 Å². The van der Waals surface area contributed by atoms with Gasteiger partial charge in [-0.25, -0.2) is 0 Å². The van der Waals surface area contributed by atoms with Gasteiger partial charge in [0.2, 0.25) is 0 Å². The molecule has 0 bridgehead atoms. The Balaban J connectivity index is 1.64. The summed E-state index contributed by atoms with van der Waals surface area (Å²) in [6.07, 6.45) is 0. The first-order chi connectivity index (χ1) is 10.8. The van der Waals surface area contributed by atoms with Gasteiger partial charge in [-0.2, -0.15) is 0 Å². The second-order valence-corrected chi connectivity index (χ2v) is 5.57. The molecule has 2 aromatic carbocycles. The monoisotopic (exact) mass is 298 g/mol. The molecule has 0 saturated carbocycles. The van der Waals surface area contributed by atoms with Gasteiger partial charge in [0.1, 0.15) is 5.75 Å². The molecule has 4 nitrogen and oxygen atoms in total. The zero-order valence-electron chi connectivity index (χ0n) is 12.7. The number of phenolic OH excluding ortho intramolecular Hbond substituents is 1. The van der Waals surface area contributed by atoms with Gasteiger partial charge in [0.25, 0.3) is 0 Å². The van der Waals surface area contributed by atoms with E-state index in [9.17, 15) is 5.11 Å².